The molecule has 3 unspecified atom stereocenters. The Bertz CT molecular complexity index is 247. The highest BCUT2D eigenvalue weighted by Crippen LogP contribution is 2.37. The Kier molecular flexibility index (Phi) is 8.74. The average Bonchev–Trinajstić information content (AvgIpc) is 2.85. The molecule has 0 amide bonds. The molecule has 1 fully saturated rings. The van der Waals surface area contributed by atoms with E-state index in [2.05, 4.69) is 26.1 Å². The Hall–Kier alpha value is -0.120. The average molecular weight is 285 g/mol. The minimum atomic E-state index is -0.0333. The van der Waals surface area contributed by atoms with Crippen LogP contribution < -0.4 is 5.32 Å². The number of rotatable bonds is 11. The van der Waals surface area contributed by atoms with Crippen LogP contribution >= 0.6 is 0 Å². The molecule has 0 bridgehead atoms. The lowest BCUT2D eigenvalue weighted by Crippen LogP contribution is -2.51. The number of hydrogen-bond donors (Lipinski definition) is 2. The molecule has 1 aliphatic carbocycles. The number of nitrogens with one attached hydrogen (secondary N) is 1. The fourth-order valence-electron chi connectivity index (χ4n) is 3.52. The molecule has 120 valence electrons. The van der Waals surface area contributed by atoms with Gasteiger partial charge in [-0.05, 0) is 50.5 Å². The molecule has 2 N–H and O–H groups in total. The molecule has 3 nitrogen and oxygen atoms in total. The van der Waals surface area contributed by atoms with Gasteiger partial charge in [0.25, 0.3) is 0 Å². The third kappa shape index (κ3) is 5.34. The predicted molar refractivity (Wildman–Crippen MR) is 85.0 cm³/mol. The summed E-state index contributed by atoms with van der Waals surface area (Å²) in [5, 5.41) is 13.4. The molecule has 1 saturated carbocycles. The van der Waals surface area contributed by atoms with Crippen LogP contribution in [0.1, 0.15) is 65.7 Å². The van der Waals surface area contributed by atoms with E-state index in [1.807, 2.05) is 0 Å². The zero-order valence-corrected chi connectivity index (χ0v) is 13.8. The molecule has 0 aliphatic heterocycles. The number of ether oxygens (including phenoxy) is 1. The van der Waals surface area contributed by atoms with Crippen LogP contribution in [0, 0.1) is 11.8 Å². The minimum absolute atomic E-state index is 0.0333. The van der Waals surface area contributed by atoms with Crippen LogP contribution in [-0.4, -0.2) is 37.0 Å². The van der Waals surface area contributed by atoms with E-state index >= 15 is 0 Å². The van der Waals surface area contributed by atoms with Crippen molar-refractivity contribution in [3.05, 3.63) is 0 Å². The van der Waals surface area contributed by atoms with E-state index in [0.717, 1.165) is 39.0 Å². The summed E-state index contributed by atoms with van der Waals surface area (Å²) in [4.78, 5) is 0. The highest BCUT2D eigenvalue weighted by molar-refractivity contribution is 4.98. The van der Waals surface area contributed by atoms with Crippen LogP contribution in [-0.2, 0) is 4.74 Å². The Morgan fingerprint density at radius 2 is 2.15 bits per heavy atom. The first-order valence-corrected chi connectivity index (χ1v) is 8.62. The molecule has 3 heteroatoms. The van der Waals surface area contributed by atoms with Crippen molar-refractivity contribution in [1.29, 1.82) is 0 Å². The lowest BCUT2D eigenvalue weighted by Gasteiger charge is -2.35. The monoisotopic (exact) mass is 285 g/mol. The van der Waals surface area contributed by atoms with Crippen molar-refractivity contribution in [2.75, 3.05) is 26.4 Å². The van der Waals surface area contributed by atoms with Crippen LogP contribution in [0.15, 0.2) is 0 Å². The van der Waals surface area contributed by atoms with Crippen molar-refractivity contribution in [3.8, 4) is 0 Å². The van der Waals surface area contributed by atoms with Gasteiger partial charge in [-0.2, -0.15) is 0 Å². The summed E-state index contributed by atoms with van der Waals surface area (Å²) in [6.45, 7) is 9.67. The van der Waals surface area contributed by atoms with E-state index in [1.165, 1.54) is 25.7 Å². The van der Waals surface area contributed by atoms with Crippen LogP contribution in [0.5, 0.6) is 0 Å². The maximum atomic E-state index is 9.82. The molecule has 1 aliphatic rings. The van der Waals surface area contributed by atoms with Gasteiger partial charge in [0.2, 0.25) is 0 Å². The van der Waals surface area contributed by atoms with Crippen molar-refractivity contribution >= 4 is 0 Å². The van der Waals surface area contributed by atoms with Crippen molar-refractivity contribution < 1.29 is 9.84 Å². The fourth-order valence-corrected chi connectivity index (χ4v) is 3.52. The highest BCUT2D eigenvalue weighted by atomic mass is 16.5. The van der Waals surface area contributed by atoms with Gasteiger partial charge in [-0.15, -0.1) is 0 Å². The highest BCUT2D eigenvalue weighted by Gasteiger charge is 2.41. The second-order valence-corrected chi connectivity index (χ2v) is 6.59. The van der Waals surface area contributed by atoms with Gasteiger partial charge in [0, 0.05) is 18.8 Å². The molecule has 0 aromatic heterocycles. The maximum absolute atomic E-state index is 9.82. The third-order valence-electron chi connectivity index (χ3n) is 4.76. The minimum Gasteiger partial charge on any atom is -0.394 e. The van der Waals surface area contributed by atoms with Crippen molar-refractivity contribution in [1.82, 2.24) is 5.32 Å². The van der Waals surface area contributed by atoms with Crippen molar-refractivity contribution in [2.24, 2.45) is 11.8 Å². The van der Waals surface area contributed by atoms with Gasteiger partial charge in [-0.1, -0.05) is 33.6 Å². The Morgan fingerprint density at radius 3 is 2.80 bits per heavy atom. The first-order valence-electron chi connectivity index (χ1n) is 8.62. The normalized spacial score (nSPS) is 27.9. The number of aliphatic hydroxyl groups excluding tert-OH is 1. The van der Waals surface area contributed by atoms with Crippen LogP contribution in [0.2, 0.25) is 0 Å². The van der Waals surface area contributed by atoms with E-state index in [0.29, 0.717) is 11.8 Å². The first kappa shape index (κ1) is 17.9. The van der Waals surface area contributed by atoms with Gasteiger partial charge in [0.15, 0.2) is 0 Å². The molecule has 0 saturated heterocycles. The lowest BCUT2D eigenvalue weighted by atomic mass is 9.85. The van der Waals surface area contributed by atoms with E-state index in [4.69, 9.17) is 4.74 Å². The second kappa shape index (κ2) is 9.75. The molecule has 0 heterocycles. The Balaban J connectivity index is 2.30. The number of aliphatic hydroxyl groups is 1. The standard InChI is InChI=1S/C17H35NO2/c1-4-7-15(3)13-20-12-9-16-8-6-10-17(16,14-19)18-11-5-2/h15-16,18-19H,4-14H2,1-3H3. The van der Waals surface area contributed by atoms with Crippen LogP contribution in [0.3, 0.4) is 0 Å². The van der Waals surface area contributed by atoms with E-state index < -0.39 is 0 Å². The molecule has 0 aromatic carbocycles. The zero-order valence-electron chi connectivity index (χ0n) is 13.8. The summed E-state index contributed by atoms with van der Waals surface area (Å²) in [5.41, 5.74) is -0.0333. The molecular formula is C17H35NO2. The van der Waals surface area contributed by atoms with Gasteiger partial charge >= 0.3 is 0 Å². The quantitative estimate of drug-likeness (QED) is 0.572. The summed E-state index contributed by atoms with van der Waals surface area (Å²) >= 11 is 0. The van der Waals surface area contributed by atoms with Gasteiger partial charge in [-0.25, -0.2) is 0 Å². The molecule has 0 spiro atoms. The number of hydrogen-bond acceptors (Lipinski definition) is 3. The molecule has 0 radical (unpaired) electrons. The van der Waals surface area contributed by atoms with Gasteiger partial charge in [-0.3, -0.25) is 0 Å². The fraction of sp³-hybridized carbons (Fsp3) is 1.00. The molecule has 3 atom stereocenters. The molecule has 20 heavy (non-hydrogen) atoms. The maximum Gasteiger partial charge on any atom is 0.0616 e. The SMILES string of the molecule is CCCNC1(CO)CCCC1CCOCC(C)CCC. The van der Waals surface area contributed by atoms with E-state index in [1.54, 1.807) is 0 Å². The zero-order chi connectivity index (χ0) is 14.8. The lowest BCUT2D eigenvalue weighted by molar-refractivity contribution is 0.0645. The summed E-state index contributed by atoms with van der Waals surface area (Å²) in [6.07, 6.45) is 8.26. The van der Waals surface area contributed by atoms with Crippen LogP contribution in [0.25, 0.3) is 0 Å². The summed E-state index contributed by atoms with van der Waals surface area (Å²) in [7, 11) is 0. The predicted octanol–water partition coefficient (Wildman–Crippen LogP) is 3.36. The van der Waals surface area contributed by atoms with Gasteiger partial charge in [0.1, 0.15) is 0 Å². The smallest absolute Gasteiger partial charge is 0.0616 e. The summed E-state index contributed by atoms with van der Waals surface area (Å²) in [6, 6.07) is 0. The van der Waals surface area contributed by atoms with Gasteiger partial charge in [0.05, 0.1) is 6.61 Å². The summed E-state index contributed by atoms with van der Waals surface area (Å²) in [5.74, 6) is 1.24. The molecular weight excluding hydrogens is 250 g/mol. The Labute approximate surface area is 125 Å². The Morgan fingerprint density at radius 1 is 1.35 bits per heavy atom. The van der Waals surface area contributed by atoms with Crippen LogP contribution in [0.4, 0.5) is 0 Å². The first-order chi connectivity index (χ1) is 9.68. The summed E-state index contributed by atoms with van der Waals surface area (Å²) < 4.78 is 5.84. The van der Waals surface area contributed by atoms with Crippen molar-refractivity contribution in [3.63, 3.8) is 0 Å². The molecule has 0 aromatic rings. The van der Waals surface area contributed by atoms with Crippen molar-refractivity contribution in [2.45, 2.75) is 71.3 Å². The largest absolute Gasteiger partial charge is 0.394 e. The van der Waals surface area contributed by atoms with Gasteiger partial charge < -0.3 is 15.2 Å². The second-order valence-electron chi connectivity index (χ2n) is 6.59. The third-order valence-corrected chi connectivity index (χ3v) is 4.76. The van der Waals surface area contributed by atoms with E-state index in [9.17, 15) is 5.11 Å². The molecule has 1 rings (SSSR count). The topological polar surface area (TPSA) is 41.5 Å². The van der Waals surface area contributed by atoms with E-state index in [-0.39, 0.29) is 12.1 Å².